The van der Waals surface area contributed by atoms with Gasteiger partial charge in [-0.25, -0.2) is 9.79 Å². The second-order valence-corrected chi connectivity index (χ2v) is 9.47. The summed E-state index contributed by atoms with van der Waals surface area (Å²) in [6.07, 6.45) is 1.73. The Hall–Kier alpha value is -4.10. The van der Waals surface area contributed by atoms with Gasteiger partial charge in [0.15, 0.2) is 0 Å². The van der Waals surface area contributed by atoms with Crippen molar-refractivity contribution in [3.8, 4) is 5.75 Å². The number of thioether (sulfide) groups is 1. The molecule has 0 spiro atoms. The first-order chi connectivity index (χ1) is 17.9. The van der Waals surface area contributed by atoms with Gasteiger partial charge < -0.3 is 14.6 Å². The summed E-state index contributed by atoms with van der Waals surface area (Å²) < 4.78 is 11.0. The molecule has 0 radical (unpaired) electrons. The van der Waals surface area contributed by atoms with Crippen LogP contribution in [-0.4, -0.2) is 28.6 Å². The average molecular weight is 514 g/mol. The lowest BCUT2D eigenvalue weighted by atomic mass is 10.1. The second-order valence-electron chi connectivity index (χ2n) is 8.44. The van der Waals surface area contributed by atoms with Crippen molar-refractivity contribution >= 4 is 34.8 Å². The molecule has 0 saturated heterocycles. The van der Waals surface area contributed by atoms with Crippen molar-refractivity contribution in [3.05, 3.63) is 117 Å². The number of aliphatic hydroxyl groups is 1. The van der Waals surface area contributed by atoms with Crippen LogP contribution in [0.3, 0.4) is 0 Å². The molecule has 3 aromatic rings. The number of hydrogen-bond acceptors (Lipinski definition) is 6. The summed E-state index contributed by atoms with van der Waals surface area (Å²) in [5, 5.41) is 11.0. The van der Waals surface area contributed by atoms with Gasteiger partial charge in [-0.2, -0.15) is 0 Å². The van der Waals surface area contributed by atoms with Crippen molar-refractivity contribution in [1.29, 1.82) is 0 Å². The lowest BCUT2D eigenvalue weighted by Gasteiger charge is -2.07. The molecule has 0 saturated carbocycles. The number of rotatable bonds is 7. The van der Waals surface area contributed by atoms with Gasteiger partial charge in [0.25, 0.3) is 5.91 Å². The number of hydrogen-bond donors (Lipinski definition) is 1. The zero-order valence-electron chi connectivity index (χ0n) is 20.9. The molecule has 1 N–H and O–H groups in total. The molecule has 0 aromatic heterocycles. The molecule has 6 nitrogen and oxygen atoms in total. The van der Waals surface area contributed by atoms with Crippen LogP contribution in [0.5, 0.6) is 5.75 Å². The topological polar surface area (TPSA) is 85.2 Å². The minimum atomic E-state index is -0.730. The molecule has 7 heteroatoms. The van der Waals surface area contributed by atoms with Crippen molar-refractivity contribution < 1.29 is 24.2 Å². The van der Waals surface area contributed by atoms with E-state index >= 15 is 0 Å². The predicted octanol–water partition coefficient (Wildman–Crippen LogP) is 6.58. The first kappa shape index (κ1) is 26.0. The molecule has 0 bridgehead atoms. The van der Waals surface area contributed by atoms with Crippen LogP contribution in [0.15, 0.2) is 94.0 Å². The Bertz CT molecular complexity index is 1400. The van der Waals surface area contributed by atoms with Crippen LogP contribution >= 0.6 is 11.8 Å². The van der Waals surface area contributed by atoms with Gasteiger partial charge in [-0.15, -0.1) is 0 Å². The quantitative estimate of drug-likeness (QED) is 0.359. The van der Waals surface area contributed by atoms with Crippen molar-refractivity contribution in [3.63, 3.8) is 0 Å². The van der Waals surface area contributed by atoms with Crippen LogP contribution in [-0.2, 0) is 16.1 Å². The Morgan fingerprint density at radius 2 is 1.68 bits per heavy atom. The Morgan fingerprint density at radius 3 is 2.35 bits per heavy atom. The maximum Gasteiger partial charge on any atom is 0.344 e. The van der Waals surface area contributed by atoms with E-state index in [2.05, 4.69) is 4.99 Å². The largest absolute Gasteiger partial charge is 0.506 e. The van der Waals surface area contributed by atoms with Crippen molar-refractivity contribution in [2.75, 3.05) is 6.61 Å². The van der Waals surface area contributed by atoms with E-state index in [4.69, 9.17) is 9.47 Å². The third kappa shape index (κ3) is 6.37. The zero-order valence-corrected chi connectivity index (χ0v) is 21.7. The van der Waals surface area contributed by atoms with Crippen molar-refractivity contribution in [1.82, 2.24) is 0 Å². The molecule has 1 heterocycles. The molecule has 0 unspecified atom stereocenters. The van der Waals surface area contributed by atoms with Gasteiger partial charge in [-0.05, 0) is 61.7 Å². The number of carbonyl (C=O) groups is 2. The standard InChI is InChI=1S/C30H27NO5S/c1-4-35-30(34)26-27(32)25(37-29(26)31-28(33)24-8-6-5-7-20(24)3)17-21-13-15-23(16-14-21)36-18-22-11-9-19(2)10-12-22/h5-17,32H,4,18H2,1-3H3/b25-17-,31-29?. The van der Waals surface area contributed by atoms with Crippen LogP contribution < -0.4 is 4.74 Å². The molecule has 0 atom stereocenters. The smallest absolute Gasteiger partial charge is 0.344 e. The number of ether oxygens (including phenoxy) is 2. The van der Waals surface area contributed by atoms with Crippen LogP contribution in [0.1, 0.15) is 39.5 Å². The van der Waals surface area contributed by atoms with Crippen LogP contribution in [0.4, 0.5) is 0 Å². The van der Waals surface area contributed by atoms with E-state index in [-0.39, 0.29) is 23.0 Å². The summed E-state index contributed by atoms with van der Waals surface area (Å²) in [7, 11) is 0. The molecule has 1 aliphatic rings. The van der Waals surface area contributed by atoms with Gasteiger partial charge in [-0.3, -0.25) is 4.79 Å². The third-order valence-electron chi connectivity index (χ3n) is 5.65. The monoisotopic (exact) mass is 513 g/mol. The van der Waals surface area contributed by atoms with E-state index in [0.29, 0.717) is 22.8 Å². The summed E-state index contributed by atoms with van der Waals surface area (Å²) >= 11 is 1.05. The van der Waals surface area contributed by atoms with E-state index in [1.807, 2.05) is 74.5 Å². The fourth-order valence-electron chi connectivity index (χ4n) is 3.62. The summed E-state index contributed by atoms with van der Waals surface area (Å²) in [4.78, 5) is 30.0. The highest BCUT2D eigenvalue weighted by Gasteiger charge is 2.34. The predicted molar refractivity (Wildman–Crippen MR) is 147 cm³/mol. The molecule has 0 fully saturated rings. The molecular weight excluding hydrogens is 486 g/mol. The Kier molecular flexibility index (Phi) is 8.25. The van der Waals surface area contributed by atoms with E-state index in [1.165, 1.54) is 5.56 Å². The van der Waals surface area contributed by atoms with Crippen molar-refractivity contribution in [2.45, 2.75) is 27.4 Å². The normalized spacial score (nSPS) is 15.3. The van der Waals surface area contributed by atoms with E-state index < -0.39 is 11.9 Å². The number of aliphatic imine (C=N–C) groups is 1. The lowest BCUT2D eigenvalue weighted by molar-refractivity contribution is -0.138. The summed E-state index contributed by atoms with van der Waals surface area (Å²) in [5.74, 6) is -0.780. The summed E-state index contributed by atoms with van der Waals surface area (Å²) in [6, 6.07) is 22.6. The Morgan fingerprint density at radius 1 is 0.973 bits per heavy atom. The Balaban J connectivity index is 1.55. The van der Waals surface area contributed by atoms with Crippen LogP contribution in [0, 0.1) is 13.8 Å². The molecule has 4 rings (SSSR count). The average Bonchev–Trinajstić information content (AvgIpc) is 3.19. The SMILES string of the molecule is CCOC(=O)C1=C(O)/C(=C/c2ccc(OCc3ccc(C)cc3)cc2)SC1=NC(=O)c1ccccc1C. The number of amides is 1. The van der Waals surface area contributed by atoms with Gasteiger partial charge >= 0.3 is 5.97 Å². The van der Waals surface area contributed by atoms with Crippen molar-refractivity contribution in [2.24, 2.45) is 4.99 Å². The number of benzene rings is 3. The maximum absolute atomic E-state index is 12.8. The molecule has 1 aliphatic heterocycles. The van der Waals surface area contributed by atoms with E-state index in [9.17, 15) is 14.7 Å². The summed E-state index contributed by atoms with van der Waals surface area (Å²) in [5.41, 5.74) is 4.14. The van der Waals surface area contributed by atoms with Crippen LogP contribution in [0.2, 0.25) is 0 Å². The van der Waals surface area contributed by atoms with Gasteiger partial charge in [0.05, 0.1) is 11.5 Å². The van der Waals surface area contributed by atoms with Gasteiger partial charge in [0, 0.05) is 5.56 Å². The van der Waals surface area contributed by atoms with E-state index in [1.54, 1.807) is 25.1 Å². The first-order valence-electron chi connectivity index (χ1n) is 11.8. The number of esters is 1. The fourth-order valence-corrected chi connectivity index (χ4v) is 4.63. The number of carbonyl (C=O) groups excluding carboxylic acids is 2. The summed E-state index contributed by atoms with van der Waals surface area (Å²) in [6.45, 7) is 6.11. The van der Waals surface area contributed by atoms with Gasteiger partial charge in [0.1, 0.15) is 28.7 Å². The maximum atomic E-state index is 12.8. The fraction of sp³-hybridized carbons (Fsp3) is 0.167. The first-order valence-corrected chi connectivity index (χ1v) is 12.6. The molecule has 37 heavy (non-hydrogen) atoms. The van der Waals surface area contributed by atoms with Gasteiger partial charge in [0.2, 0.25) is 0 Å². The number of aryl methyl sites for hydroxylation is 2. The molecular formula is C30H27NO5S. The Labute approximate surface area is 220 Å². The minimum absolute atomic E-state index is 0.105. The molecule has 3 aromatic carbocycles. The number of nitrogens with zero attached hydrogens (tertiary/aromatic N) is 1. The molecule has 0 aliphatic carbocycles. The minimum Gasteiger partial charge on any atom is -0.506 e. The molecule has 188 valence electrons. The van der Waals surface area contributed by atoms with E-state index in [0.717, 1.165) is 28.5 Å². The van der Waals surface area contributed by atoms with Crippen LogP contribution in [0.25, 0.3) is 6.08 Å². The highest BCUT2D eigenvalue weighted by molar-refractivity contribution is 8.18. The second kappa shape index (κ2) is 11.8. The molecule has 1 amide bonds. The van der Waals surface area contributed by atoms with Gasteiger partial charge in [-0.1, -0.05) is 71.9 Å². The highest BCUT2D eigenvalue weighted by Crippen LogP contribution is 2.39. The lowest BCUT2D eigenvalue weighted by Crippen LogP contribution is -2.14. The third-order valence-corrected chi connectivity index (χ3v) is 6.67. The zero-order chi connectivity index (χ0) is 26.4. The highest BCUT2D eigenvalue weighted by atomic mass is 32.2. The number of aliphatic hydroxyl groups excluding tert-OH is 1.